The van der Waals surface area contributed by atoms with Gasteiger partial charge < -0.3 is 26.6 Å². The van der Waals surface area contributed by atoms with E-state index >= 15 is 0 Å². The van der Waals surface area contributed by atoms with Crippen LogP contribution in [-0.2, 0) is 24.0 Å². The third kappa shape index (κ3) is 9.01. The maximum absolute atomic E-state index is 14.3. The molecule has 1 saturated heterocycles. The van der Waals surface area contributed by atoms with Gasteiger partial charge in [0.1, 0.15) is 17.5 Å². The number of amides is 5. The predicted molar refractivity (Wildman–Crippen MR) is 173 cm³/mol. The second-order valence-corrected chi connectivity index (χ2v) is 16.4. The topological polar surface area (TPSA) is 168 Å². The van der Waals surface area contributed by atoms with E-state index in [0.29, 0.717) is 13.0 Å². The fourth-order valence-electron chi connectivity index (χ4n) is 6.70. The lowest BCUT2D eigenvalue weighted by Crippen LogP contribution is -2.61. The van der Waals surface area contributed by atoms with Crippen molar-refractivity contribution in [2.24, 2.45) is 34.8 Å². The van der Waals surface area contributed by atoms with Gasteiger partial charge in [-0.15, -0.1) is 11.8 Å². The van der Waals surface area contributed by atoms with Gasteiger partial charge in [-0.2, -0.15) is 0 Å². The highest BCUT2D eigenvalue weighted by Crippen LogP contribution is 2.37. The largest absolute Gasteiger partial charge is 0.363 e. The van der Waals surface area contributed by atoms with Crippen molar-refractivity contribution in [1.82, 2.24) is 20.9 Å². The number of urea groups is 1. The van der Waals surface area contributed by atoms with Crippen LogP contribution < -0.4 is 21.7 Å². The van der Waals surface area contributed by atoms with E-state index in [1.54, 1.807) is 0 Å². The molecule has 252 valence electrons. The number of carbonyl (C=O) groups is 6. The van der Waals surface area contributed by atoms with Crippen molar-refractivity contribution in [3.05, 3.63) is 0 Å². The molecule has 0 aromatic carbocycles. The average molecular weight is 648 g/mol. The summed E-state index contributed by atoms with van der Waals surface area (Å²) in [7, 11) is 0. The van der Waals surface area contributed by atoms with Gasteiger partial charge in [-0.25, -0.2) is 4.79 Å². The minimum Gasteiger partial charge on any atom is -0.363 e. The van der Waals surface area contributed by atoms with Crippen LogP contribution in [-0.4, -0.2) is 75.5 Å². The minimum atomic E-state index is -1.11. The van der Waals surface area contributed by atoms with Gasteiger partial charge in [0, 0.05) is 17.7 Å². The van der Waals surface area contributed by atoms with Crippen molar-refractivity contribution in [2.45, 2.75) is 134 Å². The molecule has 0 bridgehead atoms. The number of hydrogen-bond donors (Lipinski definition) is 4. The van der Waals surface area contributed by atoms with Crippen molar-refractivity contribution in [2.75, 3.05) is 6.54 Å². The molecular formula is C33H53N5O6S. The van der Waals surface area contributed by atoms with Gasteiger partial charge in [-0.3, -0.25) is 24.0 Å². The number of ketones is 2. The van der Waals surface area contributed by atoms with E-state index in [0.717, 1.165) is 64.2 Å². The number of rotatable bonds is 13. The molecule has 3 saturated carbocycles. The first-order valence-electron chi connectivity index (χ1n) is 16.9. The molecule has 0 spiro atoms. The molecule has 1 aliphatic heterocycles. The first-order chi connectivity index (χ1) is 21.2. The van der Waals surface area contributed by atoms with Crippen LogP contribution in [0.3, 0.4) is 0 Å². The molecule has 3 aliphatic carbocycles. The molecule has 5 N–H and O–H groups in total. The minimum absolute atomic E-state index is 0.00170. The molecule has 11 nitrogen and oxygen atoms in total. The molecule has 12 heteroatoms. The Morgan fingerprint density at radius 1 is 0.822 bits per heavy atom. The number of Topliss-reactive ketones (excluding diaryl/α,β-unsaturated/α-hetero) is 2. The summed E-state index contributed by atoms with van der Waals surface area (Å²) in [5, 5.41) is 7.63. The maximum Gasteiger partial charge on any atom is 0.316 e. The van der Waals surface area contributed by atoms with E-state index in [-0.39, 0.29) is 34.7 Å². The van der Waals surface area contributed by atoms with Crippen LogP contribution in [0.15, 0.2) is 0 Å². The van der Waals surface area contributed by atoms with Crippen LogP contribution in [0.2, 0.25) is 0 Å². The SMILES string of the molecule is CC(C)[C@@H]1C[C@@H](C(=O)NC(SC2CCC2)C(=O)C(N)=O)N(C(=O)[C@@H](NC(=O)N[C@H](C(=O)C2CC2)C2CCCCC2)C(C)(C)C)C1. The van der Waals surface area contributed by atoms with E-state index in [1.807, 2.05) is 34.6 Å². The summed E-state index contributed by atoms with van der Waals surface area (Å²) in [5.41, 5.74) is 4.60. The lowest BCUT2D eigenvalue weighted by Gasteiger charge is -2.37. The maximum atomic E-state index is 14.3. The van der Waals surface area contributed by atoms with E-state index in [1.165, 1.54) is 16.7 Å². The highest BCUT2D eigenvalue weighted by Gasteiger charge is 2.47. The zero-order valence-corrected chi connectivity index (χ0v) is 28.4. The number of nitrogens with one attached hydrogen (secondary N) is 3. The van der Waals surface area contributed by atoms with E-state index < -0.39 is 58.5 Å². The Hall–Kier alpha value is -2.63. The predicted octanol–water partition coefficient (Wildman–Crippen LogP) is 3.28. The van der Waals surface area contributed by atoms with Gasteiger partial charge in [0.25, 0.3) is 11.7 Å². The van der Waals surface area contributed by atoms with Crippen molar-refractivity contribution in [3.8, 4) is 0 Å². The Morgan fingerprint density at radius 2 is 1.47 bits per heavy atom. The highest BCUT2D eigenvalue weighted by molar-refractivity contribution is 8.01. The van der Waals surface area contributed by atoms with Crippen molar-refractivity contribution < 1.29 is 28.8 Å². The third-order valence-electron chi connectivity index (χ3n) is 10.1. The number of nitrogens with two attached hydrogens (primary N) is 1. The molecule has 4 fully saturated rings. The molecule has 0 aromatic rings. The van der Waals surface area contributed by atoms with E-state index in [2.05, 4.69) is 16.0 Å². The Labute approximate surface area is 271 Å². The van der Waals surface area contributed by atoms with Gasteiger partial charge in [-0.1, -0.05) is 60.3 Å². The van der Waals surface area contributed by atoms with Gasteiger partial charge in [0.05, 0.1) is 6.04 Å². The van der Waals surface area contributed by atoms with Crippen LogP contribution in [0.4, 0.5) is 4.79 Å². The summed E-state index contributed by atoms with van der Waals surface area (Å²) < 4.78 is 0. The summed E-state index contributed by atoms with van der Waals surface area (Å²) in [6.45, 7) is 9.95. The van der Waals surface area contributed by atoms with Crippen molar-refractivity contribution >= 4 is 47.1 Å². The number of primary amides is 1. The van der Waals surface area contributed by atoms with Crippen LogP contribution in [0.5, 0.6) is 0 Å². The smallest absolute Gasteiger partial charge is 0.316 e. The molecule has 45 heavy (non-hydrogen) atoms. The zero-order chi connectivity index (χ0) is 33.1. The van der Waals surface area contributed by atoms with Gasteiger partial charge in [0.15, 0.2) is 5.78 Å². The number of nitrogens with zero attached hydrogens (tertiary/aromatic N) is 1. The normalized spacial score (nSPS) is 24.7. The number of hydrogen-bond acceptors (Lipinski definition) is 7. The summed E-state index contributed by atoms with van der Waals surface area (Å²) >= 11 is 1.24. The molecule has 1 unspecified atom stereocenters. The van der Waals surface area contributed by atoms with Crippen LogP contribution in [0, 0.1) is 29.1 Å². The fraction of sp³-hybridized carbons (Fsp3) is 0.818. The quantitative estimate of drug-likeness (QED) is 0.176. The van der Waals surface area contributed by atoms with E-state index in [4.69, 9.17) is 5.73 Å². The number of likely N-dealkylation sites (tertiary alicyclic amines) is 1. The van der Waals surface area contributed by atoms with Crippen LogP contribution >= 0.6 is 11.8 Å². The average Bonchev–Trinajstić information content (AvgIpc) is 3.71. The third-order valence-corrected chi connectivity index (χ3v) is 11.5. The van der Waals surface area contributed by atoms with Crippen molar-refractivity contribution in [1.29, 1.82) is 0 Å². The fourth-order valence-corrected chi connectivity index (χ4v) is 8.11. The Morgan fingerprint density at radius 3 is 1.98 bits per heavy atom. The highest BCUT2D eigenvalue weighted by atomic mass is 32.2. The van der Waals surface area contributed by atoms with Crippen LogP contribution in [0.25, 0.3) is 0 Å². The van der Waals surface area contributed by atoms with Gasteiger partial charge >= 0.3 is 6.03 Å². The lowest BCUT2D eigenvalue weighted by atomic mass is 9.81. The van der Waals surface area contributed by atoms with E-state index in [9.17, 15) is 28.8 Å². The first kappa shape index (κ1) is 35.2. The Bertz CT molecular complexity index is 1140. The van der Waals surface area contributed by atoms with Crippen molar-refractivity contribution in [3.63, 3.8) is 0 Å². The monoisotopic (exact) mass is 647 g/mol. The lowest BCUT2D eigenvalue weighted by molar-refractivity contribution is -0.142. The second-order valence-electron chi connectivity index (χ2n) is 15.0. The Balaban J connectivity index is 1.51. The number of thioether (sulfide) groups is 1. The zero-order valence-electron chi connectivity index (χ0n) is 27.6. The number of carbonyl (C=O) groups excluding carboxylic acids is 6. The molecule has 5 atom stereocenters. The molecule has 4 aliphatic rings. The molecule has 0 radical (unpaired) electrons. The first-order valence-corrected chi connectivity index (χ1v) is 17.8. The summed E-state index contributed by atoms with van der Waals surface area (Å²) in [5.74, 6) is -2.50. The molecule has 5 amide bonds. The van der Waals surface area contributed by atoms with Gasteiger partial charge in [-0.05, 0) is 68.1 Å². The summed E-state index contributed by atoms with van der Waals surface area (Å²) in [6, 6.07) is -2.99. The summed E-state index contributed by atoms with van der Waals surface area (Å²) in [4.78, 5) is 80.8. The molecular weight excluding hydrogens is 594 g/mol. The standard InChI is InChI=1S/C33H53N5O6S/c1-18(2)21-16-23(29(42)37-30(26(40)28(34)41)45-22-12-9-13-22)38(17-21)31(43)27(33(3,4)5)36-32(44)35-24(25(39)20-14-15-20)19-10-7-6-8-11-19/h18-24,27,30H,6-17H2,1-5H3,(H2,34,41)(H,37,42)(H2,35,36,44)/t21-,23+,24+,27-,30?/m1/s1. The van der Waals surface area contributed by atoms with Crippen LogP contribution in [0.1, 0.15) is 105 Å². The molecule has 0 aromatic heterocycles. The van der Waals surface area contributed by atoms with Gasteiger partial charge in [0.2, 0.25) is 11.8 Å². The second kappa shape index (κ2) is 14.9. The molecule has 4 rings (SSSR count). The summed E-state index contributed by atoms with van der Waals surface area (Å²) in [6.07, 6.45) is 9.89. The Kier molecular flexibility index (Phi) is 11.6. The molecule has 1 heterocycles.